The van der Waals surface area contributed by atoms with Crippen LogP contribution in [0, 0.1) is 0 Å². The molecule has 1 amide bonds. The molecule has 0 saturated carbocycles. The van der Waals surface area contributed by atoms with E-state index in [4.69, 9.17) is 14.2 Å². The van der Waals surface area contributed by atoms with E-state index in [1.54, 1.807) is 26.6 Å². The van der Waals surface area contributed by atoms with Crippen LogP contribution in [0.2, 0.25) is 0 Å². The van der Waals surface area contributed by atoms with Crippen LogP contribution < -0.4 is 4.74 Å². The average molecular weight is 356 g/mol. The third-order valence-corrected chi connectivity index (χ3v) is 4.48. The van der Waals surface area contributed by atoms with Crippen molar-refractivity contribution in [3.05, 3.63) is 48.3 Å². The number of hydrogen-bond acceptors (Lipinski definition) is 5. The highest BCUT2D eigenvalue weighted by atomic mass is 16.5. The Bertz CT molecular complexity index is 733. The Morgan fingerprint density at radius 2 is 2.04 bits per heavy atom. The van der Waals surface area contributed by atoms with Gasteiger partial charge in [0.15, 0.2) is 0 Å². The number of benzene rings is 1. The molecule has 1 fully saturated rings. The summed E-state index contributed by atoms with van der Waals surface area (Å²) in [5.74, 6) is 0.740. The van der Waals surface area contributed by atoms with Crippen molar-refractivity contribution < 1.29 is 19.0 Å². The summed E-state index contributed by atoms with van der Waals surface area (Å²) in [5.41, 5.74) is 2.62. The summed E-state index contributed by atoms with van der Waals surface area (Å²) in [6.07, 6.45) is 4.28. The molecular weight excluding hydrogens is 332 g/mol. The topological polar surface area (TPSA) is 60.9 Å². The summed E-state index contributed by atoms with van der Waals surface area (Å²) in [6, 6.07) is 9.51. The fourth-order valence-corrected chi connectivity index (χ4v) is 3.00. The maximum absolute atomic E-state index is 12.8. The molecule has 2 aromatic rings. The van der Waals surface area contributed by atoms with E-state index in [0.717, 1.165) is 17.5 Å². The zero-order valence-electron chi connectivity index (χ0n) is 15.2. The molecule has 26 heavy (non-hydrogen) atoms. The van der Waals surface area contributed by atoms with Gasteiger partial charge in [-0.05, 0) is 30.2 Å². The van der Waals surface area contributed by atoms with Crippen LogP contribution >= 0.6 is 0 Å². The third kappa shape index (κ3) is 4.39. The number of ether oxygens (including phenoxy) is 3. The van der Waals surface area contributed by atoms with E-state index in [1.807, 2.05) is 35.2 Å². The van der Waals surface area contributed by atoms with Crippen molar-refractivity contribution in [2.75, 3.05) is 40.5 Å². The van der Waals surface area contributed by atoms with Crippen molar-refractivity contribution in [2.24, 2.45) is 0 Å². The van der Waals surface area contributed by atoms with E-state index in [0.29, 0.717) is 37.6 Å². The lowest BCUT2D eigenvalue weighted by Crippen LogP contribution is -2.45. The lowest BCUT2D eigenvalue weighted by atomic mass is 10.0. The van der Waals surface area contributed by atoms with Crippen molar-refractivity contribution in [2.45, 2.75) is 12.5 Å². The van der Waals surface area contributed by atoms with Crippen molar-refractivity contribution in [1.29, 1.82) is 0 Å². The van der Waals surface area contributed by atoms with Gasteiger partial charge in [-0.2, -0.15) is 0 Å². The molecule has 0 bridgehead atoms. The van der Waals surface area contributed by atoms with E-state index in [9.17, 15) is 4.79 Å². The first-order valence-corrected chi connectivity index (χ1v) is 8.70. The number of aromatic nitrogens is 1. The second-order valence-corrected chi connectivity index (χ2v) is 6.22. The molecule has 6 heteroatoms. The monoisotopic (exact) mass is 356 g/mol. The summed E-state index contributed by atoms with van der Waals surface area (Å²) in [6.45, 7) is 2.41. The first kappa shape index (κ1) is 18.4. The van der Waals surface area contributed by atoms with Crippen LogP contribution in [-0.4, -0.2) is 62.4 Å². The molecule has 1 aromatic carbocycles. The number of carbonyl (C=O) groups excluding carboxylic acids is 1. The first-order chi connectivity index (χ1) is 12.7. The molecule has 0 radical (unpaired) electrons. The van der Waals surface area contributed by atoms with Crippen molar-refractivity contribution >= 4 is 5.91 Å². The molecule has 6 nitrogen and oxygen atoms in total. The van der Waals surface area contributed by atoms with E-state index in [2.05, 4.69) is 4.98 Å². The van der Waals surface area contributed by atoms with Gasteiger partial charge in [0.05, 0.1) is 26.0 Å². The standard InChI is InChI=1S/C20H24N2O4/c1-24-9-7-18-14-22(8-10-26-18)20(23)16-5-3-15(4-6-16)17-11-19(25-2)13-21-12-17/h3-6,11-13,18H,7-10,14H2,1-2H3. The molecule has 2 heterocycles. The summed E-state index contributed by atoms with van der Waals surface area (Å²) in [4.78, 5) is 18.8. The number of nitrogens with zero attached hydrogens (tertiary/aromatic N) is 2. The van der Waals surface area contributed by atoms with Crippen molar-refractivity contribution in [1.82, 2.24) is 9.88 Å². The van der Waals surface area contributed by atoms with Crippen LogP contribution in [0.5, 0.6) is 5.75 Å². The molecule has 0 N–H and O–H groups in total. The van der Waals surface area contributed by atoms with Gasteiger partial charge < -0.3 is 19.1 Å². The van der Waals surface area contributed by atoms with Gasteiger partial charge in [-0.25, -0.2) is 0 Å². The molecular formula is C20H24N2O4. The SMILES string of the molecule is COCCC1CN(C(=O)c2ccc(-c3cncc(OC)c3)cc2)CCO1. The summed E-state index contributed by atoms with van der Waals surface area (Å²) >= 11 is 0. The summed E-state index contributed by atoms with van der Waals surface area (Å²) in [5, 5.41) is 0. The Hall–Kier alpha value is -2.44. The van der Waals surface area contributed by atoms with E-state index in [-0.39, 0.29) is 12.0 Å². The van der Waals surface area contributed by atoms with Gasteiger partial charge >= 0.3 is 0 Å². The van der Waals surface area contributed by atoms with Crippen molar-refractivity contribution in [3.8, 4) is 16.9 Å². The Balaban J connectivity index is 1.68. The second kappa shape index (κ2) is 8.78. The van der Waals surface area contributed by atoms with E-state index in [1.165, 1.54) is 0 Å². The van der Waals surface area contributed by atoms with Gasteiger partial charge in [0, 0.05) is 44.1 Å². The Labute approximate surface area is 153 Å². The number of amides is 1. The number of pyridine rings is 1. The van der Waals surface area contributed by atoms with Crippen LogP contribution in [-0.2, 0) is 9.47 Å². The van der Waals surface area contributed by atoms with Gasteiger partial charge in [0.25, 0.3) is 5.91 Å². The number of carbonyl (C=O) groups is 1. The van der Waals surface area contributed by atoms with E-state index < -0.39 is 0 Å². The fourth-order valence-electron chi connectivity index (χ4n) is 3.00. The number of methoxy groups -OCH3 is 2. The molecule has 1 aliphatic heterocycles. The van der Waals surface area contributed by atoms with Gasteiger partial charge in [-0.15, -0.1) is 0 Å². The van der Waals surface area contributed by atoms with Crippen molar-refractivity contribution in [3.63, 3.8) is 0 Å². The largest absolute Gasteiger partial charge is 0.495 e. The minimum atomic E-state index is 0.0334. The minimum absolute atomic E-state index is 0.0334. The number of morpholine rings is 1. The van der Waals surface area contributed by atoms with Gasteiger partial charge in [0.2, 0.25) is 0 Å². The molecule has 1 aromatic heterocycles. The normalized spacial score (nSPS) is 17.2. The highest BCUT2D eigenvalue weighted by Gasteiger charge is 2.24. The zero-order chi connectivity index (χ0) is 18.4. The summed E-state index contributed by atoms with van der Waals surface area (Å²) in [7, 11) is 3.29. The van der Waals surface area contributed by atoms with E-state index >= 15 is 0 Å². The van der Waals surface area contributed by atoms with Gasteiger partial charge in [-0.1, -0.05) is 12.1 Å². The van der Waals surface area contributed by atoms with Crippen LogP contribution in [0.15, 0.2) is 42.7 Å². The predicted molar refractivity (Wildman–Crippen MR) is 98.4 cm³/mol. The first-order valence-electron chi connectivity index (χ1n) is 8.70. The maximum atomic E-state index is 12.8. The Morgan fingerprint density at radius 1 is 1.23 bits per heavy atom. The molecule has 1 unspecified atom stereocenters. The number of rotatable bonds is 6. The zero-order valence-corrected chi connectivity index (χ0v) is 15.2. The summed E-state index contributed by atoms with van der Waals surface area (Å²) < 4.78 is 16.0. The maximum Gasteiger partial charge on any atom is 0.254 e. The lowest BCUT2D eigenvalue weighted by molar-refractivity contribution is -0.0332. The smallest absolute Gasteiger partial charge is 0.254 e. The predicted octanol–water partition coefficient (Wildman–Crippen LogP) is 2.63. The van der Waals surface area contributed by atoms with Gasteiger partial charge in [0.1, 0.15) is 5.75 Å². The molecule has 0 aliphatic carbocycles. The fraction of sp³-hybridized carbons (Fsp3) is 0.400. The molecule has 0 spiro atoms. The third-order valence-electron chi connectivity index (χ3n) is 4.48. The Kier molecular flexibility index (Phi) is 6.20. The quantitative estimate of drug-likeness (QED) is 0.796. The highest BCUT2D eigenvalue weighted by Crippen LogP contribution is 2.23. The highest BCUT2D eigenvalue weighted by molar-refractivity contribution is 5.94. The van der Waals surface area contributed by atoms with Crippen LogP contribution in [0.1, 0.15) is 16.8 Å². The lowest BCUT2D eigenvalue weighted by Gasteiger charge is -2.33. The number of hydrogen-bond donors (Lipinski definition) is 0. The average Bonchev–Trinajstić information content (AvgIpc) is 2.72. The Morgan fingerprint density at radius 3 is 2.77 bits per heavy atom. The molecule has 138 valence electrons. The molecule has 1 aliphatic rings. The minimum Gasteiger partial charge on any atom is -0.495 e. The van der Waals surface area contributed by atoms with Crippen LogP contribution in [0.3, 0.4) is 0 Å². The molecule has 3 rings (SSSR count). The molecule has 1 atom stereocenters. The van der Waals surface area contributed by atoms with Crippen LogP contribution in [0.4, 0.5) is 0 Å². The second-order valence-electron chi connectivity index (χ2n) is 6.22. The molecule has 1 saturated heterocycles. The van der Waals surface area contributed by atoms with Crippen LogP contribution in [0.25, 0.3) is 11.1 Å². The van der Waals surface area contributed by atoms with Gasteiger partial charge in [-0.3, -0.25) is 9.78 Å².